The summed E-state index contributed by atoms with van der Waals surface area (Å²) >= 11 is -2.29. The first-order chi connectivity index (χ1) is 16.3. The van der Waals surface area contributed by atoms with E-state index in [1.807, 2.05) is 24.3 Å². The lowest BCUT2D eigenvalue weighted by Crippen LogP contribution is -2.47. The fraction of sp³-hybridized carbons (Fsp3) is 0.385. The first-order valence-corrected chi connectivity index (χ1v) is 12.6. The van der Waals surface area contributed by atoms with Gasteiger partial charge in [-0.05, 0) is 80.0 Å². The standard InChI is InChI=1S/C26H31N3O4S/c1-17-6-4-7-18(2)25(17)23-11-12-27-24-14-21(9-10-22(23)24)33-19(3)26(30)29-13-5-8-20(16-29)15-28-34(31)32/h4,6-7,9-12,14,19-20,28H,5,8,13,15-16H2,1-3H3,(H,31,32)/p-1/t19-,20-/m1/s1. The molecule has 1 amide bonds. The van der Waals surface area contributed by atoms with Gasteiger partial charge in [-0.2, -0.15) is 0 Å². The van der Waals surface area contributed by atoms with Gasteiger partial charge in [-0.1, -0.05) is 18.2 Å². The van der Waals surface area contributed by atoms with Crippen LogP contribution in [0.25, 0.3) is 22.0 Å². The quantitative estimate of drug-likeness (QED) is 0.518. The van der Waals surface area contributed by atoms with Gasteiger partial charge in [-0.3, -0.25) is 14.0 Å². The topological polar surface area (TPSA) is 94.6 Å². The number of nitrogens with one attached hydrogen (secondary N) is 1. The summed E-state index contributed by atoms with van der Waals surface area (Å²) in [7, 11) is 0. The Kier molecular flexibility index (Phi) is 7.60. The average Bonchev–Trinajstić information content (AvgIpc) is 2.82. The summed E-state index contributed by atoms with van der Waals surface area (Å²) in [5.74, 6) is 0.609. The fourth-order valence-electron chi connectivity index (χ4n) is 4.79. The van der Waals surface area contributed by atoms with Crippen molar-refractivity contribution in [2.75, 3.05) is 19.6 Å². The van der Waals surface area contributed by atoms with Crippen molar-refractivity contribution in [3.63, 3.8) is 0 Å². The van der Waals surface area contributed by atoms with Crippen LogP contribution in [0.5, 0.6) is 5.75 Å². The molecule has 0 aliphatic carbocycles. The molecule has 1 fully saturated rings. The van der Waals surface area contributed by atoms with E-state index in [-0.39, 0.29) is 11.8 Å². The van der Waals surface area contributed by atoms with Gasteiger partial charge in [-0.25, -0.2) is 4.72 Å². The Balaban J connectivity index is 1.49. The number of aryl methyl sites for hydroxylation is 2. The maximum absolute atomic E-state index is 13.0. The Morgan fingerprint density at radius 1 is 1.26 bits per heavy atom. The Hall–Kier alpha value is -2.81. The number of aromatic nitrogens is 1. The summed E-state index contributed by atoms with van der Waals surface area (Å²) in [6, 6.07) is 14.1. The number of fused-ring (bicyclic) bond motifs is 1. The van der Waals surface area contributed by atoms with Gasteiger partial charge in [0, 0.05) is 48.6 Å². The van der Waals surface area contributed by atoms with Gasteiger partial charge < -0.3 is 14.2 Å². The molecule has 1 N–H and O–H groups in total. The molecule has 0 bridgehead atoms. The number of hydrogen-bond acceptors (Lipinski definition) is 5. The lowest BCUT2D eigenvalue weighted by Gasteiger charge is -2.34. The maximum atomic E-state index is 13.0. The third-order valence-electron chi connectivity index (χ3n) is 6.45. The van der Waals surface area contributed by atoms with E-state index in [1.54, 1.807) is 18.0 Å². The van der Waals surface area contributed by atoms with E-state index >= 15 is 0 Å². The van der Waals surface area contributed by atoms with Crippen LogP contribution in [-0.4, -0.2) is 50.3 Å². The zero-order valence-electron chi connectivity index (χ0n) is 19.7. The highest BCUT2D eigenvalue weighted by atomic mass is 32.2. The smallest absolute Gasteiger partial charge is 0.263 e. The highest BCUT2D eigenvalue weighted by Crippen LogP contribution is 2.34. The molecule has 2 aromatic carbocycles. The van der Waals surface area contributed by atoms with Gasteiger partial charge in [0.05, 0.1) is 5.52 Å². The normalized spacial score (nSPS) is 18.0. The van der Waals surface area contributed by atoms with Crippen LogP contribution in [0, 0.1) is 19.8 Å². The van der Waals surface area contributed by atoms with E-state index in [1.165, 1.54) is 16.7 Å². The van der Waals surface area contributed by atoms with Crippen molar-refractivity contribution >= 4 is 28.1 Å². The van der Waals surface area contributed by atoms with E-state index in [0.29, 0.717) is 25.4 Å². The number of piperidine rings is 1. The van der Waals surface area contributed by atoms with Crippen LogP contribution in [0.1, 0.15) is 30.9 Å². The number of nitrogens with zero attached hydrogens (tertiary/aromatic N) is 2. The molecule has 7 nitrogen and oxygen atoms in total. The molecule has 0 spiro atoms. The zero-order valence-corrected chi connectivity index (χ0v) is 20.6. The largest absolute Gasteiger partial charge is 0.760 e. The van der Waals surface area contributed by atoms with Gasteiger partial charge in [0.2, 0.25) is 0 Å². The molecule has 4 rings (SSSR count). The van der Waals surface area contributed by atoms with Gasteiger partial charge in [0.1, 0.15) is 5.75 Å². The molecule has 1 aliphatic rings. The van der Waals surface area contributed by atoms with Crippen LogP contribution in [0.2, 0.25) is 0 Å². The third kappa shape index (κ3) is 5.46. The fourth-order valence-corrected chi connectivity index (χ4v) is 5.16. The molecule has 0 saturated carbocycles. The maximum Gasteiger partial charge on any atom is 0.263 e. The lowest BCUT2D eigenvalue weighted by atomic mass is 9.93. The number of carbonyl (C=O) groups excluding carboxylic acids is 1. The predicted octanol–water partition coefficient (Wildman–Crippen LogP) is 3.91. The molecule has 3 aromatic rings. The van der Waals surface area contributed by atoms with Gasteiger partial charge >= 0.3 is 0 Å². The van der Waals surface area contributed by atoms with Crippen LogP contribution in [0.4, 0.5) is 0 Å². The highest BCUT2D eigenvalue weighted by Gasteiger charge is 2.28. The van der Waals surface area contributed by atoms with Crippen LogP contribution < -0.4 is 9.46 Å². The summed E-state index contributed by atoms with van der Waals surface area (Å²) < 4.78 is 30.0. The molecule has 3 atom stereocenters. The van der Waals surface area contributed by atoms with E-state index in [4.69, 9.17) is 4.74 Å². The van der Waals surface area contributed by atoms with Gasteiger partial charge in [-0.15, -0.1) is 0 Å². The average molecular weight is 481 g/mol. The molecule has 34 heavy (non-hydrogen) atoms. The number of ether oxygens (including phenoxy) is 1. The molecule has 1 aromatic heterocycles. The molecule has 2 heterocycles. The van der Waals surface area contributed by atoms with Crippen molar-refractivity contribution in [1.82, 2.24) is 14.6 Å². The number of rotatable bonds is 7. The summed E-state index contributed by atoms with van der Waals surface area (Å²) in [5, 5.41) is 1.04. The van der Waals surface area contributed by atoms with Crippen LogP contribution in [0.15, 0.2) is 48.7 Å². The summed E-state index contributed by atoms with van der Waals surface area (Å²) in [6.45, 7) is 7.49. The molecule has 1 saturated heterocycles. The van der Waals surface area contributed by atoms with Crippen molar-refractivity contribution in [3.05, 3.63) is 59.8 Å². The highest BCUT2D eigenvalue weighted by molar-refractivity contribution is 7.77. The van der Waals surface area contributed by atoms with Gasteiger partial charge in [0.25, 0.3) is 5.91 Å². The SMILES string of the molecule is Cc1cccc(C)c1-c1ccnc2cc(O[C@H](C)C(=O)N3CCC[C@H](CNS(=O)[O-])C3)ccc12. The first kappa shape index (κ1) is 24.3. The van der Waals surface area contributed by atoms with Crippen LogP contribution in [0.3, 0.4) is 0 Å². The third-order valence-corrected chi connectivity index (χ3v) is 6.85. The zero-order chi connectivity index (χ0) is 24.2. The number of likely N-dealkylation sites (tertiary alicyclic amines) is 1. The minimum atomic E-state index is -2.29. The van der Waals surface area contributed by atoms with Crippen LogP contribution in [-0.2, 0) is 16.1 Å². The van der Waals surface area contributed by atoms with Crippen LogP contribution >= 0.6 is 0 Å². The predicted molar refractivity (Wildman–Crippen MR) is 133 cm³/mol. The Morgan fingerprint density at radius 3 is 2.76 bits per heavy atom. The van der Waals surface area contributed by atoms with Gasteiger partial charge in [0.15, 0.2) is 6.10 Å². The second kappa shape index (κ2) is 10.6. The van der Waals surface area contributed by atoms with E-state index < -0.39 is 17.4 Å². The van der Waals surface area contributed by atoms with E-state index in [2.05, 4.69) is 41.8 Å². The van der Waals surface area contributed by atoms with Crippen molar-refractivity contribution in [1.29, 1.82) is 0 Å². The number of hydrogen-bond donors (Lipinski definition) is 1. The summed E-state index contributed by atoms with van der Waals surface area (Å²) in [4.78, 5) is 19.3. The monoisotopic (exact) mass is 480 g/mol. The minimum Gasteiger partial charge on any atom is -0.760 e. The van der Waals surface area contributed by atoms with Crippen molar-refractivity contribution in [3.8, 4) is 16.9 Å². The summed E-state index contributed by atoms with van der Waals surface area (Å²) in [6.07, 6.45) is 2.89. The second-order valence-electron chi connectivity index (χ2n) is 8.94. The second-order valence-corrected chi connectivity index (χ2v) is 9.70. The Bertz CT molecular complexity index is 1200. The lowest BCUT2D eigenvalue weighted by molar-refractivity contribution is -0.139. The first-order valence-electron chi connectivity index (χ1n) is 11.6. The number of benzene rings is 2. The van der Waals surface area contributed by atoms with Crippen molar-refractivity contribution in [2.45, 2.75) is 39.7 Å². The molecular weight excluding hydrogens is 450 g/mol. The molecule has 1 aliphatic heterocycles. The molecule has 0 radical (unpaired) electrons. The number of pyridine rings is 1. The molecule has 8 heteroatoms. The Labute approximate surface area is 202 Å². The van der Waals surface area contributed by atoms with Crippen molar-refractivity contribution in [2.24, 2.45) is 5.92 Å². The molecular formula is C26H30N3O4S-. The Morgan fingerprint density at radius 2 is 2.03 bits per heavy atom. The minimum absolute atomic E-state index is 0.0923. The number of carbonyl (C=O) groups is 1. The molecule has 180 valence electrons. The van der Waals surface area contributed by atoms with Crippen molar-refractivity contribution < 1.29 is 18.3 Å². The summed E-state index contributed by atoms with van der Waals surface area (Å²) in [5.41, 5.74) is 5.57. The molecule has 1 unspecified atom stereocenters. The van der Waals surface area contributed by atoms with E-state index in [9.17, 15) is 13.6 Å². The van der Waals surface area contributed by atoms with E-state index in [0.717, 1.165) is 29.3 Å². The number of amides is 1.